The van der Waals surface area contributed by atoms with Gasteiger partial charge in [-0.3, -0.25) is 4.79 Å². The van der Waals surface area contributed by atoms with Gasteiger partial charge in [-0.05, 0) is 44.9 Å². The van der Waals surface area contributed by atoms with Gasteiger partial charge in [-0.15, -0.1) is 0 Å². The molecule has 0 spiro atoms. The van der Waals surface area contributed by atoms with Crippen molar-refractivity contribution in [3.63, 3.8) is 0 Å². The molecule has 0 saturated heterocycles. The van der Waals surface area contributed by atoms with Crippen LogP contribution in [-0.2, 0) is 14.3 Å². The van der Waals surface area contributed by atoms with Gasteiger partial charge in [0.25, 0.3) is 5.91 Å². The second kappa shape index (κ2) is 7.20. The van der Waals surface area contributed by atoms with Crippen molar-refractivity contribution in [3.8, 4) is 5.75 Å². The van der Waals surface area contributed by atoms with E-state index in [1.54, 1.807) is 12.1 Å². The van der Waals surface area contributed by atoms with E-state index in [4.69, 9.17) is 32.7 Å². The van der Waals surface area contributed by atoms with Crippen molar-refractivity contribution in [1.29, 1.82) is 0 Å². The fourth-order valence-corrected chi connectivity index (χ4v) is 2.13. The number of rotatable bonds is 6. The Morgan fingerprint density at radius 2 is 1.91 bits per heavy atom. The van der Waals surface area contributed by atoms with Gasteiger partial charge >= 0.3 is 5.97 Å². The minimum Gasteiger partial charge on any atom is -0.477 e. The topological polar surface area (TPSA) is 64.6 Å². The highest BCUT2D eigenvalue weighted by atomic mass is 35.5. The molecule has 1 amide bonds. The molecule has 1 aromatic rings. The normalized spacial score (nSPS) is 16.5. The van der Waals surface area contributed by atoms with Gasteiger partial charge in [0.2, 0.25) is 0 Å². The molecule has 2 atom stereocenters. The second-order valence-corrected chi connectivity index (χ2v) is 6.04. The van der Waals surface area contributed by atoms with Gasteiger partial charge in [-0.1, -0.05) is 23.2 Å². The highest BCUT2D eigenvalue weighted by Crippen LogP contribution is 2.28. The summed E-state index contributed by atoms with van der Waals surface area (Å²) >= 11 is 11.8. The van der Waals surface area contributed by atoms with Crippen LogP contribution in [0.4, 0.5) is 0 Å². The molecule has 1 aliphatic carbocycles. The molecule has 0 aromatic heterocycles. The molecule has 22 heavy (non-hydrogen) atoms. The van der Waals surface area contributed by atoms with Crippen LogP contribution in [-0.4, -0.2) is 30.1 Å². The first-order valence-corrected chi connectivity index (χ1v) is 7.75. The maximum absolute atomic E-state index is 11.9. The number of esters is 1. The minimum atomic E-state index is -0.894. The molecule has 7 heteroatoms. The van der Waals surface area contributed by atoms with Crippen LogP contribution in [0, 0.1) is 0 Å². The second-order valence-electron chi connectivity index (χ2n) is 5.20. The summed E-state index contributed by atoms with van der Waals surface area (Å²) < 4.78 is 10.5. The molecule has 0 heterocycles. The number of ether oxygens (including phenoxy) is 2. The molecule has 0 radical (unpaired) electrons. The van der Waals surface area contributed by atoms with E-state index in [-0.39, 0.29) is 11.9 Å². The fraction of sp³-hybridized carbons (Fsp3) is 0.467. The summed E-state index contributed by atoms with van der Waals surface area (Å²) in [6, 6.07) is 4.90. The molecule has 1 aliphatic rings. The molecule has 0 unspecified atom stereocenters. The lowest BCUT2D eigenvalue weighted by Crippen LogP contribution is -2.39. The van der Waals surface area contributed by atoms with E-state index in [2.05, 4.69) is 5.32 Å². The van der Waals surface area contributed by atoms with Gasteiger partial charge in [0, 0.05) is 11.1 Å². The lowest BCUT2D eigenvalue weighted by Gasteiger charge is -2.18. The van der Waals surface area contributed by atoms with Crippen LogP contribution in [0.2, 0.25) is 10.0 Å². The molecule has 120 valence electrons. The molecule has 1 N–H and O–H groups in total. The van der Waals surface area contributed by atoms with Crippen molar-refractivity contribution in [2.75, 3.05) is 0 Å². The third-order valence-electron chi connectivity index (χ3n) is 3.12. The van der Waals surface area contributed by atoms with Gasteiger partial charge in [-0.2, -0.15) is 0 Å². The Morgan fingerprint density at radius 3 is 2.50 bits per heavy atom. The lowest BCUT2D eigenvalue weighted by atomic mass is 10.3. The van der Waals surface area contributed by atoms with E-state index in [1.165, 1.54) is 19.9 Å². The first-order chi connectivity index (χ1) is 10.4. The molecule has 1 fully saturated rings. The predicted molar refractivity (Wildman–Crippen MR) is 83.3 cm³/mol. The summed E-state index contributed by atoms with van der Waals surface area (Å²) in [5, 5.41) is 3.54. The zero-order chi connectivity index (χ0) is 16.3. The molecular formula is C15H17Cl2NO4. The number of hydrogen-bond acceptors (Lipinski definition) is 4. The Morgan fingerprint density at radius 1 is 1.23 bits per heavy atom. The van der Waals surface area contributed by atoms with Crippen LogP contribution in [0.3, 0.4) is 0 Å². The largest absolute Gasteiger partial charge is 0.477 e. The van der Waals surface area contributed by atoms with E-state index >= 15 is 0 Å². The smallest absolute Gasteiger partial charge is 0.347 e. The standard InChI is InChI=1S/C15H17Cl2NO4/c1-8(14(19)18-11-4-5-11)22-15(20)9(2)21-13-6-3-10(16)7-12(13)17/h3,6-9,11H,4-5H2,1-2H3,(H,18,19)/t8-,9+/m1/s1. The SMILES string of the molecule is C[C@H](Oc1ccc(Cl)cc1Cl)C(=O)O[C@H](C)C(=O)NC1CC1. The summed E-state index contributed by atoms with van der Waals surface area (Å²) in [6.07, 6.45) is 0.191. The van der Waals surface area contributed by atoms with Gasteiger partial charge in [0.1, 0.15) is 5.75 Å². The summed E-state index contributed by atoms with van der Waals surface area (Å²) in [4.78, 5) is 23.7. The van der Waals surface area contributed by atoms with E-state index in [9.17, 15) is 9.59 Å². The van der Waals surface area contributed by atoms with E-state index in [1.807, 2.05) is 0 Å². The van der Waals surface area contributed by atoms with Crippen molar-refractivity contribution in [2.24, 2.45) is 0 Å². The number of carbonyl (C=O) groups is 2. The van der Waals surface area contributed by atoms with Crippen LogP contribution in [0.1, 0.15) is 26.7 Å². The monoisotopic (exact) mass is 345 g/mol. The van der Waals surface area contributed by atoms with Crippen molar-refractivity contribution in [3.05, 3.63) is 28.2 Å². The quantitative estimate of drug-likeness (QED) is 0.805. The number of halogens is 2. The summed E-state index contributed by atoms with van der Waals surface area (Å²) in [6.45, 7) is 3.05. The predicted octanol–water partition coefficient (Wildman–Crippen LogP) is 2.97. The number of nitrogens with one attached hydrogen (secondary N) is 1. The zero-order valence-corrected chi connectivity index (χ0v) is 13.8. The van der Waals surface area contributed by atoms with Gasteiger partial charge in [0.05, 0.1) is 5.02 Å². The van der Waals surface area contributed by atoms with E-state index in [0.717, 1.165) is 12.8 Å². The Bertz CT molecular complexity index is 575. The van der Waals surface area contributed by atoms with Crippen LogP contribution in [0.25, 0.3) is 0 Å². The summed E-state index contributed by atoms with van der Waals surface area (Å²) in [5.41, 5.74) is 0. The number of hydrogen-bond donors (Lipinski definition) is 1. The number of amides is 1. The maximum atomic E-state index is 11.9. The third-order valence-corrected chi connectivity index (χ3v) is 3.65. The Hall–Kier alpha value is -1.46. The average Bonchev–Trinajstić information content (AvgIpc) is 3.25. The van der Waals surface area contributed by atoms with Crippen LogP contribution in [0.15, 0.2) is 18.2 Å². The molecule has 1 aromatic carbocycles. The van der Waals surface area contributed by atoms with Crippen LogP contribution >= 0.6 is 23.2 Å². The fourth-order valence-electron chi connectivity index (χ4n) is 1.68. The van der Waals surface area contributed by atoms with E-state index < -0.39 is 18.2 Å². The highest BCUT2D eigenvalue weighted by Gasteiger charge is 2.28. The molecule has 0 bridgehead atoms. The Labute approximate surface area is 138 Å². The molecule has 2 rings (SSSR count). The highest BCUT2D eigenvalue weighted by molar-refractivity contribution is 6.35. The van der Waals surface area contributed by atoms with Gasteiger partial charge in [-0.25, -0.2) is 4.79 Å². The van der Waals surface area contributed by atoms with Crippen molar-refractivity contribution in [2.45, 2.75) is 44.9 Å². The Kier molecular flexibility index (Phi) is 5.53. The average molecular weight is 346 g/mol. The molecular weight excluding hydrogens is 329 g/mol. The summed E-state index contributed by atoms with van der Waals surface area (Å²) in [7, 11) is 0. The van der Waals surface area contributed by atoms with Crippen LogP contribution < -0.4 is 10.1 Å². The third kappa shape index (κ3) is 4.78. The van der Waals surface area contributed by atoms with Crippen molar-refractivity contribution in [1.82, 2.24) is 5.32 Å². The summed E-state index contributed by atoms with van der Waals surface area (Å²) in [5.74, 6) is -0.609. The van der Waals surface area contributed by atoms with E-state index in [0.29, 0.717) is 15.8 Å². The molecule has 1 saturated carbocycles. The molecule has 0 aliphatic heterocycles. The lowest BCUT2D eigenvalue weighted by molar-refractivity contribution is -0.160. The minimum absolute atomic E-state index is 0.218. The zero-order valence-electron chi connectivity index (χ0n) is 12.3. The maximum Gasteiger partial charge on any atom is 0.347 e. The number of carbonyl (C=O) groups excluding carboxylic acids is 2. The first kappa shape index (κ1) is 16.9. The number of benzene rings is 1. The van der Waals surface area contributed by atoms with Crippen molar-refractivity contribution < 1.29 is 19.1 Å². The molecule has 5 nitrogen and oxygen atoms in total. The Balaban J connectivity index is 1.86. The van der Waals surface area contributed by atoms with Crippen molar-refractivity contribution >= 4 is 35.1 Å². The van der Waals surface area contributed by atoms with Crippen LogP contribution in [0.5, 0.6) is 5.75 Å². The first-order valence-electron chi connectivity index (χ1n) is 6.99. The van der Waals surface area contributed by atoms with Gasteiger partial charge in [0.15, 0.2) is 12.2 Å². The van der Waals surface area contributed by atoms with Gasteiger partial charge < -0.3 is 14.8 Å².